The highest BCUT2D eigenvalue weighted by Crippen LogP contribution is 2.46. The first-order valence-electron chi connectivity index (χ1n) is 8.24. The Labute approximate surface area is 159 Å². The van der Waals surface area contributed by atoms with Gasteiger partial charge in [0.15, 0.2) is 5.17 Å². The minimum absolute atomic E-state index is 0.273. The van der Waals surface area contributed by atoms with Crippen molar-refractivity contribution in [2.75, 3.05) is 30.0 Å². The molecule has 0 aliphatic carbocycles. The van der Waals surface area contributed by atoms with E-state index in [9.17, 15) is 4.79 Å². The lowest BCUT2D eigenvalue weighted by Gasteiger charge is -2.42. The molecule has 2 aromatic rings. The molecule has 1 saturated heterocycles. The summed E-state index contributed by atoms with van der Waals surface area (Å²) in [4.78, 5) is 22.2. The van der Waals surface area contributed by atoms with Gasteiger partial charge in [0, 0.05) is 28.5 Å². The number of ether oxygens (including phenoxy) is 1. The monoisotopic (exact) mass is 389 g/mol. The number of amidine groups is 1. The topological polar surface area (TPSA) is 116 Å². The minimum Gasteiger partial charge on any atom is -0.397 e. The molecule has 0 spiro atoms. The van der Waals surface area contributed by atoms with Crippen molar-refractivity contribution in [2.45, 2.75) is 12.0 Å². The van der Waals surface area contributed by atoms with Gasteiger partial charge < -0.3 is 21.5 Å². The van der Waals surface area contributed by atoms with Crippen LogP contribution in [0.3, 0.4) is 0 Å². The number of pyridine rings is 1. The second kappa shape index (κ2) is 6.90. The molecule has 2 atom stereocenters. The lowest BCUT2D eigenvalue weighted by atomic mass is 9.81. The maximum Gasteiger partial charge on any atom is 0.274 e. The van der Waals surface area contributed by atoms with Crippen molar-refractivity contribution in [1.29, 1.82) is 0 Å². The van der Waals surface area contributed by atoms with Crippen LogP contribution >= 0.6 is 23.1 Å². The Bertz CT molecular complexity index is 851. The third-order valence-corrected chi connectivity index (χ3v) is 6.71. The van der Waals surface area contributed by atoms with Gasteiger partial charge in [-0.1, -0.05) is 11.8 Å². The zero-order valence-corrected chi connectivity index (χ0v) is 15.6. The van der Waals surface area contributed by atoms with Crippen molar-refractivity contribution in [3.63, 3.8) is 0 Å². The third kappa shape index (κ3) is 3.17. The van der Waals surface area contributed by atoms with E-state index >= 15 is 0 Å². The van der Waals surface area contributed by atoms with E-state index in [1.54, 1.807) is 35.2 Å². The van der Waals surface area contributed by atoms with Gasteiger partial charge in [0.05, 0.1) is 24.2 Å². The molecule has 0 unspecified atom stereocenters. The van der Waals surface area contributed by atoms with Crippen LogP contribution in [0.4, 0.5) is 11.4 Å². The number of thioether (sulfide) groups is 1. The van der Waals surface area contributed by atoms with Gasteiger partial charge in [-0.3, -0.25) is 4.79 Å². The highest BCUT2D eigenvalue weighted by atomic mass is 32.2. The van der Waals surface area contributed by atoms with E-state index in [-0.39, 0.29) is 5.91 Å². The highest BCUT2D eigenvalue weighted by Gasteiger charge is 2.46. The van der Waals surface area contributed by atoms with E-state index in [0.29, 0.717) is 29.1 Å². The molecule has 1 fully saturated rings. The summed E-state index contributed by atoms with van der Waals surface area (Å²) >= 11 is 3.17. The van der Waals surface area contributed by atoms with E-state index in [0.717, 1.165) is 29.3 Å². The smallest absolute Gasteiger partial charge is 0.274 e. The number of nitrogens with two attached hydrogens (primary N) is 2. The Morgan fingerprint density at radius 2 is 2.27 bits per heavy atom. The predicted octanol–water partition coefficient (Wildman–Crippen LogP) is 2.27. The minimum atomic E-state index is -0.444. The molecular weight excluding hydrogens is 370 g/mol. The summed E-state index contributed by atoms with van der Waals surface area (Å²) in [5.74, 6) is 1.05. The van der Waals surface area contributed by atoms with Gasteiger partial charge in [0.1, 0.15) is 11.2 Å². The maximum absolute atomic E-state index is 12.4. The average Bonchev–Trinajstić information content (AvgIpc) is 3.11. The van der Waals surface area contributed by atoms with Crippen molar-refractivity contribution in [1.82, 2.24) is 4.98 Å². The summed E-state index contributed by atoms with van der Waals surface area (Å²) in [7, 11) is 0. The van der Waals surface area contributed by atoms with E-state index in [2.05, 4.69) is 10.3 Å². The number of nitrogen functional groups attached to an aromatic ring is 1. The van der Waals surface area contributed by atoms with Crippen LogP contribution in [0, 0.1) is 5.92 Å². The molecule has 4 heterocycles. The summed E-state index contributed by atoms with van der Waals surface area (Å²) in [5.41, 5.74) is 12.7. The number of aromatic nitrogens is 1. The van der Waals surface area contributed by atoms with E-state index < -0.39 is 5.54 Å². The molecule has 2 aromatic heterocycles. The lowest BCUT2D eigenvalue weighted by molar-refractivity contribution is 0.00613. The van der Waals surface area contributed by atoms with Gasteiger partial charge in [-0.2, -0.15) is 0 Å². The van der Waals surface area contributed by atoms with Crippen molar-refractivity contribution >= 4 is 45.5 Å². The first kappa shape index (κ1) is 17.3. The van der Waals surface area contributed by atoms with Gasteiger partial charge >= 0.3 is 0 Å². The number of thiophene rings is 1. The number of hydrogen-bond acceptors (Lipinski definition) is 8. The summed E-state index contributed by atoms with van der Waals surface area (Å²) in [6, 6.07) is 5.22. The molecule has 1 amide bonds. The SMILES string of the molecule is NC1=N[C@@]2(c3cc(NC(=O)c4ccc(N)cn4)cs3)COCC[C@H]2CS1. The first-order valence-corrected chi connectivity index (χ1v) is 10.1. The molecule has 26 heavy (non-hydrogen) atoms. The second-order valence-corrected chi connectivity index (χ2v) is 8.31. The molecule has 0 bridgehead atoms. The van der Waals surface area contributed by atoms with Crippen LogP contribution in [0.15, 0.2) is 34.8 Å². The van der Waals surface area contributed by atoms with Crippen LogP contribution in [0.2, 0.25) is 0 Å². The van der Waals surface area contributed by atoms with Crippen LogP contribution in [0.25, 0.3) is 0 Å². The number of nitrogens with one attached hydrogen (secondary N) is 1. The van der Waals surface area contributed by atoms with Crippen molar-refractivity contribution in [3.8, 4) is 0 Å². The Kier molecular flexibility index (Phi) is 4.60. The summed E-state index contributed by atoms with van der Waals surface area (Å²) < 4.78 is 5.74. The van der Waals surface area contributed by atoms with Crippen LogP contribution in [-0.2, 0) is 10.3 Å². The van der Waals surface area contributed by atoms with Gasteiger partial charge in [-0.25, -0.2) is 9.98 Å². The number of carbonyl (C=O) groups is 1. The Morgan fingerprint density at radius 3 is 3.08 bits per heavy atom. The van der Waals surface area contributed by atoms with Gasteiger partial charge in [0.2, 0.25) is 0 Å². The predicted molar refractivity (Wildman–Crippen MR) is 106 cm³/mol. The van der Waals surface area contributed by atoms with Crippen LogP contribution in [0.5, 0.6) is 0 Å². The fourth-order valence-corrected chi connectivity index (χ4v) is 5.35. The van der Waals surface area contributed by atoms with Gasteiger partial charge in [-0.15, -0.1) is 11.3 Å². The molecule has 2 aliphatic heterocycles. The number of nitrogens with zero attached hydrogens (tertiary/aromatic N) is 2. The van der Waals surface area contributed by atoms with Crippen molar-refractivity contribution in [3.05, 3.63) is 40.3 Å². The Morgan fingerprint density at radius 1 is 1.38 bits per heavy atom. The molecular formula is C17H19N5O2S2. The number of fused-ring (bicyclic) bond motifs is 1. The van der Waals surface area contributed by atoms with Crippen LogP contribution < -0.4 is 16.8 Å². The number of anilines is 2. The first-order chi connectivity index (χ1) is 12.6. The normalized spacial score (nSPS) is 25.2. The van der Waals surface area contributed by atoms with Crippen molar-refractivity contribution in [2.24, 2.45) is 16.6 Å². The average molecular weight is 390 g/mol. The Hall–Kier alpha value is -2.10. The number of amides is 1. The van der Waals surface area contributed by atoms with E-state index in [4.69, 9.17) is 21.2 Å². The molecule has 0 aromatic carbocycles. The maximum atomic E-state index is 12.4. The molecule has 0 radical (unpaired) electrons. The third-order valence-electron chi connectivity index (χ3n) is 4.65. The van der Waals surface area contributed by atoms with Gasteiger partial charge in [-0.05, 0) is 24.6 Å². The fourth-order valence-electron chi connectivity index (χ4n) is 3.26. The molecule has 0 saturated carbocycles. The molecule has 2 aliphatic rings. The van der Waals surface area contributed by atoms with E-state index in [1.807, 2.05) is 11.4 Å². The lowest BCUT2D eigenvalue weighted by Crippen LogP contribution is -2.47. The van der Waals surface area contributed by atoms with Gasteiger partial charge in [0.25, 0.3) is 5.91 Å². The van der Waals surface area contributed by atoms with Crippen LogP contribution in [0.1, 0.15) is 21.8 Å². The summed E-state index contributed by atoms with van der Waals surface area (Å²) in [6.45, 7) is 1.27. The van der Waals surface area contributed by atoms with E-state index in [1.165, 1.54) is 6.20 Å². The van der Waals surface area contributed by atoms with Crippen molar-refractivity contribution < 1.29 is 9.53 Å². The number of hydrogen-bond donors (Lipinski definition) is 3. The summed E-state index contributed by atoms with van der Waals surface area (Å²) in [6.07, 6.45) is 2.42. The summed E-state index contributed by atoms with van der Waals surface area (Å²) in [5, 5.41) is 5.39. The molecule has 5 N–H and O–H groups in total. The zero-order valence-electron chi connectivity index (χ0n) is 14.0. The van der Waals surface area contributed by atoms with Crippen LogP contribution in [-0.4, -0.2) is 35.0 Å². The molecule has 4 rings (SSSR count). The number of rotatable bonds is 3. The Balaban J connectivity index is 1.58. The fraction of sp³-hybridized carbons (Fsp3) is 0.353. The molecule has 7 nitrogen and oxygen atoms in total. The highest BCUT2D eigenvalue weighted by molar-refractivity contribution is 8.13. The zero-order chi connectivity index (χ0) is 18.1. The largest absolute Gasteiger partial charge is 0.397 e. The molecule has 9 heteroatoms. The number of aliphatic imine (C=N–C) groups is 1. The number of carbonyl (C=O) groups excluding carboxylic acids is 1. The quantitative estimate of drug-likeness (QED) is 0.742. The molecule has 136 valence electrons. The standard InChI is InChI=1S/C17H19N5O2S2/c18-11-1-2-13(20-6-11)15(23)21-12-5-14(25-8-12)17-9-24-4-3-10(17)7-26-16(19)22-17/h1-2,5-6,8,10H,3-4,7,9,18H2,(H2,19,22)(H,21,23)/t10-,17-/m0/s1. The second-order valence-electron chi connectivity index (χ2n) is 6.35.